The lowest BCUT2D eigenvalue weighted by Gasteiger charge is -2.34. The maximum absolute atomic E-state index is 13.7. The van der Waals surface area contributed by atoms with Crippen LogP contribution >= 0.6 is 47.9 Å². The molecule has 0 aromatic carbocycles. The van der Waals surface area contributed by atoms with Gasteiger partial charge in [0.2, 0.25) is 6.41 Å². The van der Waals surface area contributed by atoms with Gasteiger partial charge in [0.25, 0.3) is 0 Å². The van der Waals surface area contributed by atoms with Crippen molar-refractivity contribution in [2.45, 2.75) is 25.0 Å². The van der Waals surface area contributed by atoms with Crippen molar-refractivity contribution in [1.29, 1.82) is 0 Å². The molecule has 0 fully saturated rings. The largest absolute Gasteiger partial charge is 0.490 e. The van der Waals surface area contributed by atoms with E-state index in [9.17, 15) is 33.2 Å². The van der Waals surface area contributed by atoms with Gasteiger partial charge in [-0.25, -0.2) is 18.1 Å². The molecule has 15 nitrogen and oxygen atoms in total. The Bertz CT molecular complexity index is 1140. The first-order chi connectivity index (χ1) is 14.3. The first-order valence-corrected chi connectivity index (χ1v) is 13.0. The van der Waals surface area contributed by atoms with Crippen LogP contribution in [0.25, 0.3) is 0 Å². The van der Waals surface area contributed by atoms with Crippen molar-refractivity contribution < 1.29 is 65.8 Å². The molecule has 0 aliphatic carbocycles. The van der Waals surface area contributed by atoms with E-state index in [4.69, 9.17) is 38.1 Å². The number of aliphatic hydroxyl groups excluding tert-OH is 2. The Morgan fingerprint density at radius 2 is 1.78 bits per heavy atom. The van der Waals surface area contributed by atoms with E-state index in [-0.39, 0.29) is 4.77 Å². The molecule has 5 atom stereocenters. The Morgan fingerprint density at radius 3 is 2.25 bits per heavy atom. The minimum atomic E-state index is -5.82. The number of aliphatic hydroxyl groups is 2. The molecule has 1 aromatic heterocycles. The molecule has 0 amide bonds. The van der Waals surface area contributed by atoms with Crippen molar-refractivity contribution in [2.75, 3.05) is 6.61 Å². The van der Waals surface area contributed by atoms with Crippen LogP contribution in [0, 0.1) is 27.6 Å². The minimum absolute atomic E-state index is 0.353. The summed E-state index contributed by atoms with van der Waals surface area (Å²) in [6.07, 6.45) is 1.88. The molecule has 2 unspecified atom stereocenters. The molecule has 0 saturated carbocycles. The van der Waals surface area contributed by atoms with Gasteiger partial charge in [0.05, 0.1) is 12.3 Å². The number of hydrogen-bond acceptors (Lipinski definition) is 11. The highest BCUT2D eigenvalue weighted by molar-refractivity contribution is 7.72. The molecule has 0 spiro atoms. The second-order valence-electron chi connectivity index (χ2n) is 5.66. The number of aromatic amines is 1. The zero-order valence-corrected chi connectivity index (χ0v) is 19.9. The van der Waals surface area contributed by atoms with Crippen LogP contribution in [0.2, 0.25) is 0 Å². The topological polar surface area (TPSA) is 230 Å². The summed E-state index contributed by atoms with van der Waals surface area (Å²) in [4.78, 5) is 37.9. The lowest BCUT2D eigenvalue weighted by atomic mass is 10.00. The summed E-state index contributed by atoms with van der Waals surface area (Å²) in [5.74, 6) is 0.796. The van der Waals surface area contributed by atoms with Gasteiger partial charge in [0, 0.05) is 0 Å². The van der Waals surface area contributed by atoms with E-state index in [1.54, 1.807) is 0 Å². The molecule has 1 rings (SSSR count). The van der Waals surface area contributed by atoms with E-state index >= 15 is 0 Å². The highest BCUT2D eigenvalue weighted by atomic mass is 32.1. The van der Waals surface area contributed by atoms with Gasteiger partial charge in [0.1, 0.15) is 11.2 Å². The predicted octanol–water partition coefficient (Wildman–Crippen LogP) is 0.975. The maximum atomic E-state index is 13.7. The number of phosphoric ester groups is 1. The van der Waals surface area contributed by atoms with Crippen molar-refractivity contribution in [2.24, 2.45) is 0 Å². The van der Waals surface area contributed by atoms with Crippen LogP contribution < -0.4 is 0 Å². The fraction of sp³-hybridized carbons (Fsp3) is 0.455. The Balaban J connectivity index is 3.12. The van der Waals surface area contributed by atoms with Crippen molar-refractivity contribution >= 4 is 47.9 Å². The van der Waals surface area contributed by atoms with E-state index in [1.807, 2.05) is 5.92 Å². The quantitative estimate of drug-likeness (QED) is 0.0865. The number of aromatic nitrogens is 2. The monoisotopic (exact) mass is 560 g/mol. The smallest absolute Gasteiger partial charge is 0.389 e. The number of terminal acetylenes is 1. The molecular formula is C11H16FN2O13P3S2. The number of ether oxygens (including phenoxy) is 1. The lowest BCUT2D eigenvalue weighted by molar-refractivity contribution is -0.240. The molecular weight excluding hydrogens is 544 g/mol. The molecule has 0 aliphatic heterocycles. The molecule has 1 aromatic rings. The third-order valence-electron chi connectivity index (χ3n) is 3.26. The number of nitrogens with zero attached hydrogens (tertiary/aromatic N) is 1. The second-order valence-corrected chi connectivity index (χ2v) is 10.9. The number of phosphoric acid groups is 3. The molecule has 0 saturated heterocycles. The van der Waals surface area contributed by atoms with Gasteiger partial charge < -0.3 is 39.5 Å². The van der Waals surface area contributed by atoms with Gasteiger partial charge in [0.15, 0.2) is 16.2 Å². The molecule has 32 heavy (non-hydrogen) atoms. The number of H-pyrrole nitrogens is 1. The summed E-state index contributed by atoms with van der Waals surface area (Å²) in [5, 5.41) is 20.2. The average Bonchev–Trinajstić information content (AvgIpc) is 2.58. The molecule has 21 heteroatoms. The maximum Gasteiger partial charge on any atom is 0.490 e. The number of rotatable bonds is 11. The highest BCUT2D eigenvalue weighted by Crippen LogP contribution is 2.66. The van der Waals surface area contributed by atoms with Crippen LogP contribution in [0.3, 0.4) is 0 Å². The molecule has 0 aliphatic rings. The second kappa shape index (κ2) is 10.7. The Morgan fingerprint density at radius 1 is 1.22 bits per heavy atom. The van der Waals surface area contributed by atoms with Gasteiger partial charge in [-0.05, 0) is 19.1 Å². The zero-order chi connectivity index (χ0) is 25.1. The lowest BCUT2D eigenvalue weighted by Crippen LogP contribution is -2.47. The fourth-order valence-corrected chi connectivity index (χ4v) is 5.31. The molecule has 1 heterocycles. The van der Waals surface area contributed by atoms with Gasteiger partial charge in [-0.15, -0.1) is 6.42 Å². The van der Waals surface area contributed by atoms with Gasteiger partial charge in [-0.3, -0.25) is 9.09 Å². The van der Waals surface area contributed by atoms with E-state index in [1.165, 1.54) is 0 Å². The van der Waals surface area contributed by atoms with E-state index in [0.29, 0.717) is 10.8 Å². The minimum Gasteiger partial charge on any atom is -0.389 e. The summed E-state index contributed by atoms with van der Waals surface area (Å²) in [6, 6.07) is 0. The third-order valence-corrected chi connectivity index (χ3v) is 7.65. The summed E-state index contributed by atoms with van der Waals surface area (Å²) in [7, 11) is -17.1. The first kappa shape index (κ1) is 29.3. The van der Waals surface area contributed by atoms with Crippen LogP contribution in [0.15, 0.2) is 6.20 Å². The van der Waals surface area contributed by atoms with Crippen molar-refractivity contribution in [1.82, 2.24) is 9.55 Å². The summed E-state index contributed by atoms with van der Waals surface area (Å²) in [5.41, 5.74) is -2.48. The Hall–Kier alpha value is -0.700. The SMILES string of the molecule is C#C[C@](COP(=O)(O)OP(=O)(O)OP(=O)(O)O)(O[C@H](O)n1cc(F)c(=S)[nH]c1=S)[C@@H](C)O. The summed E-state index contributed by atoms with van der Waals surface area (Å²) in [6.45, 7) is -0.328. The van der Waals surface area contributed by atoms with Crippen LogP contribution in [0.5, 0.6) is 0 Å². The van der Waals surface area contributed by atoms with E-state index in [0.717, 1.165) is 6.92 Å². The van der Waals surface area contributed by atoms with Crippen molar-refractivity contribution in [3.63, 3.8) is 0 Å². The van der Waals surface area contributed by atoms with Crippen LogP contribution in [0.4, 0.5) is 4.39 Å². The van der Waals surface area contributed by atoms with Gasteiger partial charge >= 0.3 is 23.5 Å². The first-order valence-electron chi connectivity index (χ1n) is 7.64. The number of hydrogen-bond donors (Lipinski definition) is 7. The van der Waals surface area contributed by atoms with Crippen LogP contribution in [0.1, 0.15) is 13.3 Å². The van der Waals surface area contributed by atoms with E-state index in [2.05, 4.69) is 30.3 Å². The predicted molar refractivity (Wildman–Crippen MR) is 106 cm³/mol. The number of halogens is 1. The summed E-state index contributed by atoms with van der Waals surface area (Å²) < 4.78 is 63.9. The van der Waals surface area contributed by atoms with Crippen molar-refractivity contribution in [3.05, 3.63) is 21.4 Å². The van der Waals surface area contributed by atoms with E-state index < -0.39 is 58.7 Å². The van der Waals surface area contributed by atoms with Crippen LogP contribution in [-0.2, 0) is 31.6 Å². The average molecular weight is 560 g/mol. The zero-order valence-electron chi connectivity index (χ0n) is 15.5. The molecule has 0 bridgehead atoms. The van der Waals surface area contributed by atoms with Gasteiger partial charge in [-0.1, -0.05) is 18.1 Å². The normalized spacial score (nSPS) is 19.7. The Kier molecular flexibility index (Phi) is 9.81. The van der Waals surface area contributed by atoms with Crippen LogP contribution in [-0.4, -0.2) is 57.6 Å². The molecule has 182 valence electrons. The van der Waals surface area contributed by atoms with Crippen molar-refractivity contribution in [3.8, 4) is 12.3 Å². The molecule has 0 radical (unpaired) electrons. The standard InChI is InChI=1S/C11H16FN2O13P3S2/c1-3-11(6(2)15,25-10(16)14-4-7(12)8(31)13-9(14)32)5-24-29(20,21)27-30(22,23)26-28(17,18)19/h1,4,6,10,15-16H,5H2,2H3,(H,20,21)(H,22,23)(H,13,31,32)(H2,17,18,19)/t6-,10+,11-/m1/s1. The third kappa shape index (κ3) is 8.58. The highest BCUT2D eigenvalue weighted by Gasteiger charge is 2.45. The number of nitrogens with one attached hydrogen (secondary N) is 1. The van der Waals surface area contributed by atoms with Gasteiger partial charge in [-0.2, -0.15) is 8.62 Å². The Labute approximate surface area is 188 Å². The summed E-state index contributed by atoms with van der Waals surface area (Å²) >= 11 is 9.46. The molecule has 7 N–H and O–H groups in total. The fourth-order valence-electron chi connectivity index (χ4n) is 1.80.